The third kappa shape index (κ3) is 4.36. The van der Waals surface area contributed by atoms with Crippen LogP contribution in [0.5, 0.6) is 0 Å². The van der Waals surface area contributed by atoms with Crippen LogP contribution in [-0.2, 0) is 17.6 Å². The lowest BCUT2D eigenvalue weighted by Gasteiger charge is -2.09. The van der Waals surface area contributed by atoms with Crippen LogP contribution in [0.3, 0.4) is 0 Å². The Bertz CT molecular complexity index is 1050. The highest BCUT2D eigenvalue weighted by molar-refractivity contribution is 8.00. The Hall–Kier alpha value is -2.63. The molecular formula is C21H21N5OS2. The summed E-state index contributed by atoms with van der Waals surface area (Å²) in [5.41, 5.74) is 2.72. The normalized spacial score (nSPS) is 14.5. The van der Waals surface area contributed by atoms with Gasteiger partial charge in [-0.25, -0.2) is 4.98 Å². The third-order valence-corrected chi connectivity index (χ3v) is 7.10. The number of aromatic nitrogens is 3. The summed E-state index contributed by atoms with van der Waals surface area (Å²) < 4.78 is 0. The molecule has 4 rings (SSSR count). The van der Waals surface area contributed by atoms with Crippen molar-refractivity contribution in [3.05, 3.63) is 46.3 Å². The molecule has 6 nitrogen and oxygen atoms in total. The van der Waals surface area contributed by atoms with Crippen molar-refractivity contribution in [2.45, 2.75) is 49.4 Å². The second kappa shape index (κ2) is 8.80. The zero-order chi connectivity index (χ0) is 20.2. The van der Waals surface area contributed by atoms with E-state index in [1.807, 2.05) is 37.3 Å². The quantitative estimate of drug-likeness (QED) is 0.454. The van der Waals surface area contributed by atoms with Gasteiger partial charge in [-0.1, -0.05) is 48.5 Å². The van der Waals surface area contributed by atoms with Crippen LogP contribution in [-0.4, -0.2) is 26.3 Å². The second-order valence-corrected chi connectivity index (χ2v) is 9.38. The summed E-state index contributed by atoms with van der Waals surface area (Å²) in [6.45, 7) is 1.82. The van der Waals surface area contributed by atoms with E-state index >= 15 is 0 Å². The average Bonchev–Trinajstić information content (AvgIpc) is 3.25. The summed E-state index contributed by atoms with van der Waals surface area (Å²) in [5.74, 6) is 0.531. The highest BCUT2D eigenvalue weighted by Gasteiger charge is 2.23. The molecular weight excluding hydrogens is 402 g/mol. The summed E-state index contributed by atoms with van der Waals surface area (Å²) in [5, 5.41) is 20.5. The smallest absolute Gasteiger partial charge is 0.238 e. The molecule has 2 aromatic heterocycles. The SMILES string of the molecule is C[C@@H](Sc1n[nH]c(-c2ccccc2)n1)C(=O)Nc1sc2c(c1C#N)CCCCC2. The zero-order valence-corrected chi connectivity index (χ0v) is 17.7. The van der Waals surface area contributed by atoms with Crippen LogP contribution < -0.4 is 5.32 Å². The first-order valence-electron chi connectivity index (χ1n) is 9.65. The van der Waals surface area contributed by atoms with Gasteiger partial charge in [-0.15, -0.1) is 16.4 Å². The van der Waals surface area contributed by atoms with Crippen LogP contribution >= 0.6 is 23.1 Å². The van der Waals surface area contributed by atoms with Crippen LogP contribution in [0.2, 0.25) is 0 Å². The van der Waals surface area contributed by atoms with Crippen molar-refractivity contribution in [2.24, 2.45) is 0 Å². The molecule has 1 aliphatic rings. The van der Waals surface area contributed by atoms with Gasteiger partial charge in [0.2, 0.25) is 11.1 Å². The predicted molar refractivity (Wildman–Crippen MR) is 116 cm³/mol. The van der Waals surface area contributed by atoms with Gasteiger partial charge in [0.25, 0.3) is 0 Å². The highest BCUT2D eigenvalue weighted by atomic mass is 32.2. The minimum atomic E-state index is -0.386. The number of anilines is 1. The number of hydrogen-bond donors (Lipinski definition) is 2. The van der Waals surface area contributed by atoms with Crippen LogP contribution in [0.1, 0.15) is 42.2 Å². The molecule has 1 atom stereocenters. The molecule has 0 saturated heterocycles. The van der Waals surface area contributed by atoms with Crippen LogP contribution in [0.25, 0.3) is 11.4 Å². The van der Waals surface area contributed by atoms with E-state index < -0.39 is 0 Å². The lowest BCUT2D eigenvalue weighted by molar-refractivity contribution is -0.115. The minimum Gasteiger partial charge on any atom is -0.316 e. The van der Waals surface area contributed by atoms with E-state index in [2.05, 4.69) is 26.6 Å². The third-order valence-electron chi connectivity index (χ3n) is 4.93. The van der Waals surface area contributed by atoms with Gasteiger partial charge in [-0.3, -0.25) is 9.89 Å². The number of nitriles is 1. The monoisotopic (exact) mass is 423 g/mol. The number of aromatic amines is 1. The van der Waals surface area contributed by atoms with Crippen molar-refractivity contribution < 1.29 is 4.79 Å². The fourth-order valence-corrected chi connectivity index (χ4v) is 5.37. The first-order valence-corrected chi connectivity index (χ1v) is 11.4. The van der Waals surface area contributed by atoms with Gasteiger partial charge in [-0.05, 0) is 38.2 Å². The van der Waals surface area contributed by atoms with Crippen LogP contribution in [0.4, 0.5) is 5.00 Å². The predicted octanol–water partition coefficient (Wildman–Crippen LogP) is 4.79. The minimum absolute atomic E-state index is 0.144. The van der Waals surface area contributed by atoms with E-state index in [9.17, 15) is 10.1 Å². The van der Waals surface area contributed by atoms with E-state index in [1.54, 1.807) is 11.3 Å². The Kier molecular flexibility index (Phi) is 5.97. The molecule has 1 aromatic carbocycles. The fraction of sp³-hybridized carbons (Fsp3) is 0.333. The highest BCUT2D eigenvalue weighted by Crippen LogP contribution is 2.37. The van der Waals surface area contributed by atoms with Crippen LogP contribution in [0, 0.1) is 11.3 Å². The van der Waals surface area contributed by atoms with Gasteiger partial charge in [0, 0.05) is 10.4 Å². The van der Waals surface area contributed by atoms with E-state index in [-0.39, 0.29) is 11.2 Å². The second-order valence-electron chi connectivity index (χ2n) is 6.96. The molecule has 0 spiro atoms. The zero-order valence-electron chi connectivity index (χ0n) is 16.1. The number of aryl methyl sites for hydroxylation is 1. The molecule has 2 N–H and O–H groups in total. The van der Waals surface area contributed by atoms with E-state index in [0.717, 1.165) is 36.8 Å². The van der Waals surface area contributed by atoms with E-state index in [1.165, 1.54) is 23.1 Å². The number of nitrogens with one attached hydrogen (secondary N) is 2. The van der Waals surface area contributed by atoms with Crippen molar-refractivity contribution in [3.63, 3.8) is 0 Å². The van der Waals surface area contributed by atoms with Gasteiger partial charge in [-0.2, -0.15) is 5.26 Å². The Morgan fingerprint density at radius 2 is 2.07 bits per heavy atom. The molecule has 0 bridgehead atoms. The number of fused-ring (bicyclic) bond motifs is 1. The number of hydrogen-bond acceptors (Lipinski definition) is 6. The number of nitrogens with zero attached hydrogens (tertiary/aromatic N) is 3. The maximum absolute atomic E-state index is 12.7. The summed E-state index contributed by atoms with van der Waals surface area (Å²) in [4.78, 5) is 18.5. The molecule has 2 heterocycles. The molecule has 0 aliphatic heterocycles. The molecule has 148 valence electrons. The molecule has 3 aromatic rings. The van der Waals surface area contributed by atoms with E-state index in [0.29, 0.717) is 21.5 Å². The maximum Gasteiger partial charge on any atom is 0.238 e. The average molecular weight is 424 g/mol. The van der Waals surface area contributed by atoms with Gasteiger partial charge >= 0.3 is 0 Å². The number of rotatable bonds is 5. The molecule has 29 heavy (non-hydrogen) atoms. The summed E-state index contributed by atoms with van der Waals surface area (Å²) in [6, 6.07) is 12.0. The molecule has 0 fully saturated rings. The fourth-order valence-electron chi connectivity index (χ4n) is 3.40. The summed E-state index contributed by atoms with van der Waals surface area (Å²) >= 11 is 2.85. The number of thiophene rings is 1. The Morgan fingerprint density at radius 3 is 2.86 bits per heavy atom. The number of benzene rings is 1. The standard InChI is InChI=1S/C21H21N5OS2/c1-13(28-21-23-18(25-26-21)14-8-4-2-5-9-14)19(27)24-20-16(12-22)15-10-6-3-7-11-17(15)29-20/h2,4-5,8-9,13H,3,6-7,10-11H2,1H3,(H,24,27)(H,23,25,26)/t13-/m1/s1. The Balaban J connectivity index is 1.44. The van der Waals surface area contributed by atoms with Gasteiger partial charge in [0.15, 0.2) is 5.82 Å². The Labute approximate surface area is 177 Å². The number of thioether (sulfide) groups is 1. The van der Waals surface area contributed by atoms with Gasteiger partial charge < -0.3 is 5.32 Å². The van der Waals surface area contributed by atoms with E-state index in [4.69, 9.17) is 0 Å². The van der Waals surface area contributed by atoms with Crippen molar-refractivity contribution >= 4 is 34.0 Å². The summed E-state index contributed by atoms with van der Waals surface area (Å²) in [6.07, 6.45) is 5.37. The van der Waals surface area contributed by atoms with Crippen molar-refractivity contribution in [3.8, 4) is 17.5 Å². The lowest BCUT2D eigenvalue weighted by Crippen LogP contribution is -2.22. The van der Waals surface area contributed by atoms with Crippen molar-refractivity contribution in [2.75, 3.05) is 5.32 Å². The molecule has 8 heteroatoms. The topological polar surface area (TPSA) is 94.5 Å². The number of amides is 1. The number of H-pyrrole nitrogens is 1. The number of carbonyl (C=O) groups is 1. The van der Waals surface area contributed by atoms with Gasteiger partial charge in [0.1, 0.15) is 11.1 Å². The molecule has 0 unspecified atom stereocenters. The molecule has 1 aliphatic carbocycles. The molecule has 1 amide bonds. The Morgan fingerprint density at radius 1 is 1.28 bits per heavy atom. The largest absolute Gasteiger partial charge is 0.316 e. The van der Waals surface area contributed by atoms with Crippen molar-refractivity contribution in [1.29, 1.82) is 5.26 Å². The lowest BCUT2D eigenvalue weighted by atomic mass is 10.1. The molecule has 0 saturated carbocycles. The van der Waals surface area contributed by atoms with Crippen molar-refractivity contribution in [1.82, 2.24) is 15.2 Å². The first-order chi connectivity index (χ1) is 14.2. The summed E-state index contributed by atoms with van der Waals surface area (Å²) in [7, 11) is 0. The molecule has 0 radical (unpaired) electrons. The van der Waals surface area contributed by atoms with Crippen LogP contribution in [0.15, 0.2) is 35.5 Å². The maximum atomic E-state index is 12.7. The number of carbonyl (C=O) groups excluding carboxylic acids is 1. The van der Waals surface area contributed by atoms with Gasteiger partial charge in [0.05, 0.1) is 10.8 Å². The first kappa shape index (κ1) is 19.7.